The molecule has 0 amide bonds. The normalized spacial score (nSPS) is 15.5. The number of ether oxygens (including phenoxy) is 1. The lowest BCUT2D eigenvalue weighted by Gasteiger charge is -2.13. The van der Waals surface area contributed by atoms with Gasteiger partial charge in [-0.1, -0.05) is 11.8 Å². The van der Waals surface area contributed by atoms with Gasteiger partial charge in [0.25, 0.3) is 0 Å². The zero-order valence-corrected chi connectivity index (χ0v) is 8.71. The molecule has 0 aromatic heterocycles. The van der Waals surface area contributed by atoms with Crippen molar-refractivity contribution in [3.05, 3.63) is 0 Å². The highest BCUT2D eigenvalue weighted by molar-refractivity contribution is 8.11. The van der Waals surface area contributed by atoms with Crippen LogP contribution in [0.3, 0.4) is 0 Å². The third-order valence-electron chi connectivity index (χ3n) is 1.19. The largest absolute Gasteiger partial charge is 0.465 e. The smallest absolute Gasteiger partial charge is 0.302 e. The summed E-state index contributed by atoms with van der Waals surface area (Å²) in [7, 11) is 1.59. The van der Waals surface area contributed by atoms with Crippen molar-refractivity contribution in [3.63, 3.8) is 0 Å². The van der Waals surface area contributed by atoms with Crippen molar-refractivity contribution in [3.8, 4) is 0 Å². The van der Waals surface area contributed by atoms with Crippen LogP contribution in [0.2, 0.25) is 0 Å². The van der Waals surface area contributed by atoms with Crippen molar-refractivity contribution >= 4 is 24.0 Å². The third kappa shape index (κ3) is 6.48. The third-order valence-corrected chi connectivity index (χ3v) is 3.95. The average Bonchev–Trinajstić information content (AvgIpc) is 1.87. The van der Waals surface area contributed by atoms with E-state index in [4.69, 9.17) is 21.1 Å². The Morgan fingerprint density at radius 1 is 1.64 bits per heavy atom. The number of hydrogen-bond acceptors (Lipinski definition) is 4. The molecule has 0 N–H and O–H groups in total. The van der Waals surface area contributed by atoms with Crippen LogP contribution in [-0.4, -0.2) is 32.5 Å². The summed E-state index contributed by atoms with van der Waals surface area (Å²) in [5.74, 6) is -0.267. The minimum absolute atomic E-state index is 0.267. The van der Waals surface area contributed by atoms with Crippen molar-refractivity contribution in [2.45, 2.75) is 6.92 Å². The summed E-state index contributed by atoms with van der Waals surface area (Å²) in [5, 5.41) is 0. The SMILES string of the molecule is COP(C)(=S)CCOC(C)=O. The van der Waals surface area contributed by atoms with E-state index in [1.54, 1.807) is 7.11 Å². The molecule has 5 heteroatoms. The minimum Gasteiger partial charge on any atom is -0.465 e. The van der Waals surface area contributed by atoms with Gasteiger partial charge in [-0.2, -0.15) is 0 Å². The monoisotopic (exact) mass is 196 g/mol. The summed E-state index contributed by atoms with van der Waals surface area (Å²) in [4.78, 5) is 10.3. The molecule has 0 rings (SSSR count). The van der Waals surface area contributed by atoms with E-state index in [-0.39, 0.29) is 5.97 Å². The molecule has 0 fully saturated rings. The van der Waals surface area contributed by atoms with Gasteiger partial charge in [-0.15, -0.1) is 0 Å². The van der Waals surface area contributed by atoms with Crippen molar-refractivity contribution in [1.82, 2.24) is 0 Å². The molecule has 0 saturated carbocycles. The highest BCUT2D eigenvalue weighted by atomic mass is 32.4. The Kier molecular flexibility index (Phi) is 4.89. The first kappa shape index (κ1) is 11.1. The van der Waals surface area contributed by atoms with Crippen molar-refractivity contribution in [2.24, 2.45) is 0 Å². The fourth-order valence-electron chi connectivity index (χ4n) is 0.446. The molecule has 0 aliphatic rings. The maximum Gasteiger partial charge on any atom is 0.302 e. The molecule has 1 unspecified atom stereocenters. The zero-order valence-electron chi connectivity index (χ0n) is 6.99. The molecular weight excluding hydrogens is 183 g/mol. The van der Waals surface area contributed by atoms with Gasteiger partial charge < -0.3 is 9.26 Å². The molecule has 3 nitrogen and oxygen atoms in total. The predicted molar refractivity (Wildman–Crippen MR) is 48.7 cm³/mol. The fourth-order valence-corrected chi connectivity index (χ4v) is 1.28. The van der Waals surface area contributed by atoms with Crippen molar-refractivity contribution in [2.75, 3.05) is 26.5 Å². The Labute approximate surface area is 72.2 Å². The Hall–Kier alpha value is 0.0800. The van der Waals surface area contributed by atoms with Crippen LogP contribution in [0.5, 0.6) is 0 Å². The minimum atomic E-state index is -1.67. The topological polar surface area (TPSA) is 35.5 Å². The average molecular weight is 196 g/mol. The van der Waals surface area contributed by atoms with E-state index in [1.165, 1.54) is 6.92 Å². The van der Waals surface area contributed by atoms with Crippen LogP contribution in [0, 0.1) is 0 Å². The van der Waals surface area contributed by atoms with Gasteiger partial charge in [0.1, 0.15) is 0 Å². The zero-order chi connectivity index (χ0) is 8.91. The van der Waals surface area contributed by atoms with E-state index < -0.39 is 6.26 Å². The van der Waals surface area contributed by atoms with Gasteiger partial charge in [0.15, 0.2) is 0 Å². The molecule has 66 valence electrons. The maximum atomic E-state index is 10.3. The Morgan fingerprint density at radius 2 is 2.18 bits per heavy atom. The van der Waals surface area contributed by atoms with Crippen molar-refractivity contribution < 1.29 is 14.1 Å². The van der Waals surface area contributed by atoms with Gasteiger partial charge in [0.05, 0.1) is 12.9 Å². The fraction of sp³-hybridized carbons (Fsp3) is 0.833. The highest BCUT2D eigenvalue weighted by Gasteiger charge is 2.08. The lowest BCUT2D eigenvalue weighted by atomic mass is 10.8. The number of esters is 1. The van der Waals surface area contributed by atoms with Gasteiger partial charge in [0, 0.05) is 20.2 Å². The van der Waals surface area contributed by atoms with Crippen LogP contribution in [0.4, 0.5) is 0 Å². The van der Waals surface area contributed by atoms with Crippen LogP contribution in [-0.2, 0) is 25.9 Å². The van der Waals surface area contributed by atoms with Gasteiger partial charge in [0.2, 0.25) is 0 Å². The molecule has 0 saturated heterocycles. The molecule has 0 aliphatic carbocycles. The molecule has 0 radical (unpaired) electrons. The predicted octanol–water partition coefficient (Wildman–Crippen LogP) is 1.22. The molecule has 0 spiro atoms. The summed E-state index contributed by atoms with van der Waals surface area (Å²) in [6.07, 6.45) is -1.02. The van der Waals surface area contributed by atoms with E-state index >= 15 is 0 Å². The number of carbonyl (C=O) groups excluding carboxylic acids is 1. The van der Waals surface area contributed by atoms with Crippen LogP contribution in [0.15, 0.2) is 0 Å². The standard InChI is InChI=1S/C6H13O3PS/c1-6(7)9-4-5-10(3,11)8-2/h4-5H2,1-3H3. The van der Waals surface area contributed by atoms with E-state index in [0.717, 1.165) is 0 Å². The summed E-state index contributed by atoms with van der Waals surface area (Å²) in [5.41, 5.74) is 0. The van der Waals surface area contributed by atoms with Crippen LogP contribution in [0.1, 0.15) is 6.92 Å². The molecular formula is C6H13O3PS. The van der Waals surface area contributed by atoms with Crippen LogP contribution in [0.25, 0.3) is 0 Å². The number of carbonyl (C=O) groups is 1. The van der Waals surface area contributed by atoms with E-state index in [2.05, 4.69) is 0 Å². The molecule has 0 bridgehead atoms. The quantitative estimate of drug-likeness (QED) is 0.500. The number of hydrogen-bond donors (Lipinski definition) is 0. The van der Waals surface area contributed by atoms with Gasteiger partial charge >= 0.3 is 5.97 Å². The van der Waals surface area contributed by atoms with E-state index in [9.17, 15) is 4.79 Å². The van der Waals surface area contributed by atoms with Crippen molar-refractivity contribution in [1.29, 1.82) is 0 Å². The summed E-state index contributed by atoms with van der Waals surface area (Å²) < 4.78 is 9.78. The second-order valence-electron chi connectivity index (χ2n) is 2.26. The molecule has 1 atom stereocenters. The molecule has 0 heterocycles. The van der Waals surface area contributed by atoms with E-state index in [0.29, 0.717) is 12.8 Å². The second kappa shape index (κ2) is 4.86. The van der Waals surface area contributed by atoms with Gasteiger partial charge in [-0.3, -0.25) is 4.79 Å². The Bertz CT molecular complexity index is 181. The lowest BCUT2D eigenvalue weighted by Crippen LogP contribution is -2.05. The summed E-state index contributed by atoms with van der Waals surface area (Å²) >= 11 is 5.09. The molecule has 11 heavy (non-hydrogen) atoms. The highest BCUT2D eigenvalue weighted by Crippen LogP contribution is 2.40. The number of rotatable bonds is 4. The molecule has 0 aliphatic heterocycles. The maximum absolute atomic E-state index is 10.3. The summed E-state index contributed by atoms with van der Waals surface area (Å²) in [6.45, 7) is 3.63. The van der Waals surface area contributed by atoms with Gasteiger partial charge in [-0.25, -0.2) is 0 Å². The second-order valence-corrected chi connectivity index (χ2v) is 7.42. The Balaban J connectivity index is 3.54. The first-order valence-electron chi connectivity index (χ1n) is 3.23. The first-order valence-corrected chi connectivity index (χ1v) is 6.59. The Morgan fingerprint density at radius 3 is 2.55 bits per heavy atom. The molecule has 0 aromatic carbocycles. The van der Waals surface area contributed by atoms with E-state index in [1.807, 2.05) is 6.66 Å². The van der Waals surface area contributed by atoms with Crippen LogP contribution >= 0.6 is 6.26 Å². The summed E-state index contributed by atoms with van der Waals surface area (Å²) in [6, 6.07) is 0. The lowest BCUT2D eigenvalue weighted by molar-refractivity contribution is -0.140. The van der Waals surface area contributed by atoms with Crippen LogP contribution < -0.4 is 0 Å². The molecule has 0 aromatic rings. The van der Waals surface area contributed by atoms with Gasteiger partial charge in [-0.05, 0) is 6.66 Å². The first-order chi connectivity index (χ1) is 4.98.